The van der Waals surface area contributed by atoms with Crippen LogP contribution in [0.2, 0.25) is 0 Å². The van der Waals surface area contributed by atoms with Crippen molar-refractivity contribution < 1.29 is 9.15 Å². The van der Waals surface area contributed by atoms with Crippen molar-refractivity contribution in [2.75, 3.05) is 13.2 Å². The summed E-state index contributed by atoms with van der Waals surface area (Å²) in [6.45, 7) is 4.31. The maximum atomic E-state index is 5.48. The van der Waals surface area contributed by atoms with Crippen LogP contribution in [-0.4, -0.2) is 18.1 Å². The van der Waals surface area contributed by atoms with Crippen molar-refractivity contribution in [1.82, 2.24) is 10.3 Å². The molecule has 0 radical (unpaired) electrons. The Bertz CT molecular complexity index is 468. The summed E-state index contributed by atoms with van der Waals surface area (Å²) in [5.74, 6) is 0. The molecule has 19 heavy (non-hydrogen) atoms. The molecule has 0 aliphatic heterocycles. The van der Waals surface area contributed by atoms with E-state index in [1.165, 1.54) is 5.56 Å². The van der Waals surface area contributed by atoms with Crippen LogP contribution in [0.15, 0.2) is 41.0 Å². The molecule has 1 heterocycles. The summed E-state index contributed by atoms with van der Waals surface area (Å²) >= 11 is 0. The second-order valence-corrected chi connectivity index (χ2v) is 4.32. The number of oxazole rings is 1. The molecule has 0 aliphatic rings. The maximum absolute atomic E-state index is 5.48. The molecule has 2 aromatic rings. The highest BCUT2D eigenvalue weighted by Gasteiger charge is 2.04. The van der Waals surface area contributed by atoms with E-state index < -0.39 is 0 Å². The summed E-state index contributed by atoms with van der Waals surface area (Å²) in [5.41, 5.74) is 2.20. The van der Waals surface area contributed by atoms with Gasteiger partial charge in [-0.3, -0.25) is 0 Å². The third-order valence-corrected chi connectivity index (χ3v) is 2.76. The molecule has 2 rings (SSSR count). The molecule has 4 heteroatoms. The molecule has 0 bridgehead atoms. The Labute approximate surface area is 113 Å². The van der Waals surface area contributed by atoms with Crippen LogP contribution in [0.3, 0.4) is 0 Å². The first-order valence-corrected chi connectivity index (χ1v) is 6.70. The zero-order valence-electron chi connectivity index (χ0n) is 11.3. The third-order valence-electron chi connectivity index (χ3n) is 2.76. The summed E-state index contributed by atoms with van der Waals surface area (Å²) in [5, 5.41) is 3.19. The Balaban J connectivity index is 1.66. The van der Waals surface area contributed by atoms with E-state index in [2.05, 4.69) is 41.5 Å². The largest absolute Gasteiger partial charge is 0.450 e. The number of rotatable bonds is 8. The van der Waals surface area contributed by atoms with Crippen molar-refractivity contribution in [1.29, 1.82) is 0 Å². The molecule has 0 unspecified atom stereocenters. The minimum Gasteiger partial charge on any atom is -0.450 e. The molecule has 0 fully saturated rings. The molecule has 1 N–H and O–H groups in total. The first-order chi connectivity index (χ1) is 9.38. The minimum absolute atomic E-state index is 0.362. The van der Waals surface area contributed by atoms with Gasteiger partial charge in [-0.1, -0.05) is 37.3 Å². The predicted octanol–water partition coefficient (Wildman–Crippen LogP) is 2.80. The molecule has 0 amide bonds. The lowest BCUT2D eigenvalue weighted by Gasteiger charge is -2.01. The van der Waals surface area contributed by atoms with E-state index in [0.29, 0.717) is 19.2 Å². The Kier molecular flexibility index (Phi) is 5.44. The van der Waals surface area contributed by atoms with Crippen LogP contribution in [0.4, 0.5) is 0 Å². The molecule has 102 valence electrons. The average Bonchev–Trinajstić information content (AvgIpc) is 2.90. The van der Waals surface area contributed by atoms with Gasteiger partial charge < -0.3 is 14.5 Å². The Hall–Kier alpha value is -1.81. The molecule has 0 spiro atoms. The van der Waals surface area contributed by atoms with Crippen LogP contribution >= 0.6 is 0 Å². The molecule has 0 aliphatic carbocycles. The highest BCUT2D eigenvalue weighted by atomic mass is 16.6. The normalized spacial score (nSPS) is 10.6. The van der Waals surface area contributed by atoms with Crippen molar-refractivity contribution in [3.8, 4) is 6.08 Å². The van der Waals surface area contributed by atoms with Crippen molar-refractivity contribution in [2.45, 2.75) is 26.3 Å². The summed E-state index contributed by atoms with van der Waals surface area (Å²) in [4.78, 5) is 4.24. The van der Waals surface area contributed by atoms with Gasteiger partial charge in [0.1, 0.15) is 6.26 Å². The van der Waals surface area contributed by atoms with Crippen LogP contribution in [0.5, 0.6) is 6.08 Å². The Morgan fingerprint density at radius 2 is 2.11 bits per heavy atom. The van der Waals surface area contributed by atoms with Gasteiger partial charge in [-0.2, -0.15) is 4.98 Å². The first kappa shape index (κ1) is 13.6. The number of nitrogens with zero attached hydrogens (tertiary/aromatic N) is 1. The second-order valence-electron chi connectivity index (χ2n) is 4.32. The summed E-state index contributed by atoms with van der Waals surface area (Å²) in [6, 6.07) is 10.4. The fourth-order valence-electron chi connectivity index (χ4n) is 1.77. The van der Waals surface area contributed by atoms with Crippen molar-refractivity contribution in [2.24, 2.45) is 0 Å². The Morgan fingerprint density at radius 1 is 1.26 bits per heavy atom. The van der Waals surface area contributed by atoms with Gasteiger partial charge in [0.05, 0.1) is 12.3 Å². The lowest BCUT2D eigenvalue weighted by molar-refractivity contribution is 0.227. The van der Waals surface area contributed by atoms with E-state index in [4.69, 9.17) is 9.15 Å². The van der Waals surface area contributed by atoms with Crippen LogP contribution < -0.4 is 10.1 Å². The molecule has 1 aromatic carbocycles. The van der Waals surface area contributed by atoms with Gasteiger partial charge in [0, 0.05) is 6.54 Å². The molecular formula is C15H20N2O2. The lowest BCUT2D eigenvalue weighted by atomic mass is 10.1. The van der Waals surface area contributed by atoms with Crippen molar-refractivity contribution >= 4 is 0 Å². The highest BCUT2D eigenvalue weighted by molar-refractivity contribution is 5.14. The Morgan fingerprint density at radius 3 is 2.89 bits per heavy atom. The number of hydrogen-bond acceptors (Lipinski definition) is 4. The standard InChI is InChI=1S/C15H20N2O2/c1-2-16-11-14-12-19-15(17-14)18-10-6-9-13-7-4-3-5-8-13/h3-5,7-8,12,16H,2,6,9-11H2,1H3. The fraction of sp³-hybridized carbons (Fsp3) is 0.400. The van der Waals surface area contributed by atoms with Gasteiger partial charge in [0.25, 0.3) is 0 Å². The van der Waals surface area contributed by atoms with Gasteiger partial charge in [-0.15, -0.1) is 0 Å². The topological polar surface area (TPSA) is 47.3 Å². The van der Waals surface area contributed by atoms with E-state index in [-0.39, 0.29) is 0 Å². The zero-order valence-corrected chi connectivity index (χ0v) is 11.3. The molecule has 4 nitrogen and oxygen atoms in total. The second kappa shape index (κ2) is 7.59. The van der Waals surface area contributed by atoms with Gasteiger partial charge in [-0.25, -0.2) is 0 Å². The number of ether oxygens (including phenoxy) is 1. The van der Waals surface area contributed by atoms with E-state index in [0.717, 1.165) is 25.1 Å². The van der Waals surface area contributed by atoms with Crippen LogP contribution in [0, 0.1) is 0 Å². The van der Waals surface area contributed by atoms with Gasteiger partial charge >= 0.3 is 6.08 Å². The molecule has 1 aromatic heterocycles. The maximum Gasteiger partial charge on any atom is 0.393 e. The summed E-state index contributed by atoms with van der Waals surface area (Å²) in [6.07, 6.45) is 3.96. The molecular weight excluding hydrogens is 240 g/mol. The molecule has 0 saturated carbocycles. The van der Waals surface area contributed by atoms with Crippen LogP contribution in [-0.2, 0) is 13.0 Å². The lowest BCUT2D eigenvalue weighted by Crippen LogP contribution is -2.11. The van der Waals surface area contributed by atoms with Crippen molar-refractivity contribution in [3.05, 3.63) is 47.9 Å². The monoisotopic (exact) mass is 260 g/mol. The predicted molar refractivity (Wildman–Crippen MR) is 74.1 cm³/mol. The van der Waals surface area contributed by atoms with Crippen LogP contribution in [0.1, 0.15) is 24.6 Å². The van der Waals surface area contributed by atoms with E-state index in [9.17, 15) is 0 Å². The smallest absolute Gasteiger partial charge is 0.393 e. The van der Waals surface area contributed by atoms with Gasteiger partial charge in [0.2, 0.25) is 0 Å². The highest BCUT2D eigenvalue weighted by Crippen LogP contribution is 2.11. The number of aromatic nitrogens is 1. The number of nitrogens with one attached hydrogen (secondary N) is 1. The SMILES string of the molecule is CCNCc1coc(OCCCc2ccccc2)n1. The van der Waals surface area contributed by atoms with E-state index in [1.54, 1.807) is 6.26 Å². The van der Waals surface area contributed by atoms with Gasteiger partial charge in [-0.05, 0) is 24.9 Å². The van der Waals surface area contributed by atoms with E-state index in [1.807, 2.05) is 6.07 Å². The van der Waals surface area contributed by atoms with Gasteiger partial charge in [0.15, 0.2) is 0 Å². The summed E-state index contributed by atoms with van der Waals surface area (Å²) < 4.78 is 10.7. The quantitative estimate of drug-likeness (QED) is 0.741. The summed E-state index contributed by atoms with van der Waals surface area (Å²) in [7, 11) is 0. The third kappa shape index (κ3) is 4.75. The van der Waals surface area contributed by atoms with Crippen molar-refractivity contribution in [3.63, 3.8) is 0 Å². The number of hydrogen-bond donors (Lipinski definition) is 1. The number of aryl methyl sites for hydroxylation is 1. The first-order valence-electron chi connectivity index (χ1n) is 6.70. The molecule has 0 saturated heterocycles. The molecule has 0 atom stereocenters. The van der Waals surface area contributed by atoms with Crippen LogP contribution in [0.25, 0.3) is 0 Å². The fourth-order valence-corrected chi connectivity index (χ4v) is 1.77. The minimum atomic E-state index is 0.362. The number of benzene rings is 1. The van der Waals surface area contributed by atoms with E-state index >= 15 is 0 Å². The zero-order chi connectivity index (χ0) is 13.3. The average molecular weight is 260 g/mol.